The highest BCUT2D eigenvalue weighted by atomic mass is 32.1. The van der Waals surface area contributed by atoms with Crippen molar-refractivity contribution < 1.29 is 43.2 Å². The van der Waals surface area contributed by atoms with Crippen LogP contribution in [-0.2, 0) is 0 Å². The second-order valence-electron chi connectivity index (χ2n) is 10.2. The van der Waals surface area contributed by atoms with E-state index >= 15 is 0 Å². The molecule has 5 atom stereocenters. The standard InChI is InChI=1S/C27H30F3N6O5S/c1-12(15-4-6-17(7-5-15)41-27(28,29)30)31-26-32-13(2)20(25-34-21-14(3)36(40)9-8-19(21)42-25)24(35-26)33-18-10-16(11-37)22(38)23(18)39/h4-9,12,16,18,22-23,37-40H,10-11H2,1-3H3,(H2,31,32,33,35)/q+1/t12-,16-,18-,22-,23+/m1/s1. The van der Waals surface area contributed by atoms with Gasteiger partial charge in [-0.05, 0) is 38.0 Å². The molecule has 0 spiro atoms. The average Bonchev–Trinajstić information content (AvgIpc) is 3.47. The number of ether oxygens (including phenoxy) is 1. The number of aliphatic hydroxyl groups excluding tert-OH is 3. The highest BCUT2D eigenvalue weighted by molar-refractivity contribution is 7.21. The van der Waals surface area contributed by atoms with Crippen molar-refractivity contribution in [2.24, 2.45) is 5.92 Å². The molecule has 42 heavy (non-hydrogen) atoms. The summed E-state index contributed by atoms with van der Waals surface area (Å²) in [6.45, 7) is 5.00. The van der Waals surface area contributed by atoms with Crippen LogP contribution >= 0.6 is 11.3 Å². The largest absolute Gasteiger partial charge is 0.573 e. The van der Waals surface area contributed by atoms with Crippen molar-refractivity contribution in [3.63, 3.8) is 0 Å². The van der Waals surface area contributed by atoms with Crippen LogP contribution in [0.4, 0.5) is 24.9 Å². The molecule has 0 bridgehead atoms. The molecule has 6 N–H and O–H groups in total. The number of benzene rings is 1. The molecular weight excluding hydrogens is 577 g/mol. The van der Waals surface area contributed by atoms with Crippen LogP contribution in [0.25, 0.3) is 20.8 Å². The number of halogens is 3. The van der Waals surface area contributed by atoms with Gasteiger partial charge in [0, 0.05) is 30.2 Å². The Morgan fingerprint density at radius 3 is 2.45 bits per heavy atom. The lowest BCUT2D eigenvalue weighted by Gasteiger charge is -2.22. The molecular formula is C27H30F3N6O5S+. The molecule has 11 nitrogen and oxygen atoms in total. The average molecular weight is 608 g/mol. The normalized spacial score (nSPS) is 21.5. The molecule has 4 aromatic rings. The van der Waals surface area contributed by atoms with Gasteiger partial charge in [-0.2, -0.15) is 4.98 Å². The van der Waals surface area contributed by atoms with E-state index in [2.05, 4.69) is 25.3 Å². The van der Waals surface area contributed by atoms with Gasteiger partial charge in [0.1, 0.15) is 22.7 Å². The highest BCUT2D eigenvalue weighted by Crippen LogP contribution is 2.38. The summed E-state index contributed by atoms with van der Waals surface area (Å²) >= 11 is 1.37. The summed E-state index contributed by atoms with van der Waals surface area (Å²) in [6, 6.07) is 6.14. The van der Waals surface area contributed by atoms with Crippen molar-refractivity contribution in [2.45, 2.75) is 57.8 Å². The smallest absolute Gasteiger partial charge is 0.406 e. The van der Waals surface area contributed by atoms with E-state index in [-0.39, 0.29) is 24.7 Å². The Hall–Kier alpha value is -3.79. The maximum Gasteiger partial charge on any atom is 0.573 e. The van der Waals surface area contributed by atoms with Crippen LogP contribution in [0.1, 0.15) is 36.3 Å². The van der Waals surface area contributed by atoms with E-state index in [1.165, 1.54) is 41.8 Å². The zero-order valence-corrected chi connectivity index (χ0v) is 23.6. The number of nitrogens with zero attached hydrogens (tertiary/aromatic N) is 4. The van der Waals surface area contributed by atoms with Gasteiger partial charge < -0.3 is 30.7 Å². The molecule has 0 amide bonds. The first-order valence-corrected chi connectivity index (χ1v) is 13.9. The zero-order chi connectivity index (χ0) is 30.3. The maximum atomic E-state index is 12.5. The van der Waals surface area contributed by atoms with Gasteiger partial charge in [0.2, 0.25) is 12.1 Å². The van der Waals surface area contributed by atoms with Crippen molar-refractivity contribution in [1.82, 2.24) is 15.0 Å². The minimum atomic E-state index is -4.79. The van der Waals surface area contributed by atoms with Crippen molar-refractivity contribution in [1.29, 1.82) is 0 Å². The van der Waals surface area contributed by atoms with E-state index < -0.39 is 36.6 Å². The predicted octanol–water partition coefficient (Wildman–Crippen LogP) is 3.48. The number of aliphatic hydroxyl groups is 3. The molecule has 0 aliphatic heterocycles. The van der Waals surface area contributed by atoms with Crippen LogP contribution in [-0.4, -0.2) is 66.7 Å². The molecule has 15 heteroatoms. The summed E-state index contributed by atoms with van der Waals surface area (Å²) in [4.78, 5) is 14.0. The molecule has 1 aromatic carbocycles. The number of fused-ring (bicyclic) bond motifs is 1. The van der Waals surface area contributed by atoms with Gasteiger partial charge in [-0.3, -0.25) is 5.21 Å². The highest BCUT2D eigenvalue weighted by Gasteiger charge is 2.41. The Labute approximate surface area is 242 Å². The van der Waals surface area contributed by atoms with Crippen molar-refractivity contribution in [2.75, 3.05) is 17.2 Å². The van der Waals surface area contributed by atoms with Gasteiger partial charge in [0.15, 0.2) is 5.52 Å². The Morgan fingerprint density at radius 2 is 1.81 bits per heavy atom. The van der Waals surface area contributed by atoms with Crippen LogP contribution in [0.3, 0.4) is 0 Å². The zero-order valence-electron chi connectivity index (χ0n) is 22.8. The van der Waals surface area contributed by atoms with Gasteiger partial charge >= 0.3 is 6.36 Å². The van der Waals surface area contributed by atoms with E-state index in [1.807, 2.05) is 0 Å². The molecule has 5 rings (SSSR count). The first-order chi connectivity index (χ1) is 19.8. The van der Waals surface area contributed by atoms with Crippen LogP contribution in [0.5, 0.6) is 5.75 Å². The summed E-state index contributed by atoms with van der Waals surface area (Å²) in [6.07, 6.45) is -5.27. The minimum Gasteiger partial charge on any atom is -0.406 e. The van der Waals surface area contributed by atoms with Crippen molar-refractivity contribution >= 4 is 33.3 Å². The molecule has 0 saturated heterocycles. The molecule has 0 unspecified atom stereocenters. The number of alkyl halides is 3. The molecule has 224 valence electrons. The lowest BCUT2D eigenvalue weighted by Crippen LogP contribution is -2.35. The molecule has 1 fully saturated rings. The first-order valence-electron chi connectivity index (χ1n) is 13.1. The second-order valence-corrected chi connectivity index (χ2v) is 11.3. The molecule has 1 saturated carbocycles. The predicted molar refractivity (Wildman–Crippen MR) is 147 cm³/mol. The number of aromatic nitrogens is 4. The molecule has 0 radical (unpaired) electrons. The number of hydrogen-bond donors (Lipinski definition) is 6. The van der Waals surface area contributed by atoms with Crippen LogP contribution < -0.4 is 20.1 Å². The topological polar surface area (TPSA) is 157 Å². The van der Waals surface area contributed by atoms with E-state index in [4.69, 9.17) is 4.98 Å². The van der Waals surface area contributed by atoms with Gasteiger partial charge in [-0.15, -0.1) is 24.5 Å². The van der Waals surface area contributed by atoms with Gasteiger partial charge in [0.25, 0.3) is 5.69 Å². The fraction of sp³-hybridized carbons (Fsp3) is 0.407. The summed E-state index contributed by atoms with van der Waals surface area (Å²) < 4.78 is 43.4. The number of thiazole rings is 1. The maximum absolute atomic E-state index is 12.5. The molecule has 3 heterocycles. The van der Waals surface area contributed by atoms with E-state index in [0.717, 1.165) is 9.43 Å². The van der Waals surface area contributed by atoms with Gasteiger partial charge in [-0.1, -0.05) is 12.1 Å². The van der Waals surface area contributed by atoms with Crippen molar-refractivity contribution in [3.8, 4) is 16.3 Å². The second kappa shape index (κ2) is 11.5. The third kappa shape index (κ3) is 6.04. The van der Waals surface area contributed by atoms with Crippen molar-refractivity contribution in [3.05, 3.63) is 53.5 Å². The van der Waals surface area contributed by atoms with E-state index in [9.17, 15) is 33.7 Å². The van der Waals surface area contributed by atoms with Gasteiger partial charge in [-0.25, -0.2) is 9.97 Å². The number of nitrogens with one attached hydrogen (secondary N) is 2. The lowest BCUT2D eigenvalue weighted by molar-refractivity contribution is -0.907. The monoisotopic (exact) mass is 607 g/mol. The number of aryl methyl sites for hydroxylation is 2. The minimum absolute atomic E-state index is 0.208. The Balaban J connectivity index is 1.49. The molecule has 1 aliphatic rings. The fourth-order valence-electron chi connectivity index (χ4n) is 5.03. The van der Waals surface area contributed by atoms with Crippen LogP contribution in [0.2, 0.25) is 0 Å². The third-order valence-corrected chi connectivity index (χ3v) is 8.37. The van der Waals surface area contributed by atoms with E-state index in [1.54, 1.807) is 26.8 Å². The summed E-state index contributed by atoms with van der Waals surface area (Å²) in [5, 5.41) is 47.7. The first kappa shape index (κ1) is 29.7. The van der Waals surface area contributed by atoms with Gasteiger partial charge in [0.05, 0.1) is 34.1 Å². The Morgan fingerprint density at radius 1 is 1.10 bits per heavy atom. The number of pyridine rings is 1. The van der Waals surface area contributed by atoms with Crippen LogP contribution in [0.15, 0.2) is 36.5 Å². The lowest BCUT2D eigenvalue weighted by atomic mass is 10.1. The third-order valence-electron chi connectivity index (χ3n) is 7.33. The number of anilines is 2. The molecule has 1 aliphatic carbocycles. The quantitative estimate of drug-likeness (QED) is 0.129. The fourth-order valence-corrected chi connectivity index (χ4v) is 6.14. The number of rotatable bonds is 8. The molecule has 3 aromatic heterocycles. The summed E-state index contributed by atoms with van der Waals surface area (Å²) in [5.41, 5.74) is 2.89. The SMILES string of the molecule is Cc1nc(N[C@H](C)c2ccc(OC(F)(F)F)cc2)nc(N[C@@H]2C[C@H](CO)[C@@H](O)[C@H]2O)c1-c1nc2c(C)[n+](O)ccc2s1. The number of hydrogen-bond acceptors (Lipinski definition) is 11. The summed E-state index contributed by atoms with van der Waals surface area (Å²) in [5.74, 6) is -0.317. The Kier molecular flexibility index (Phi) is 8.11. The Bertz CT molecular complexity index is 1590. The van der Waals surface area contributed by atoms with E-state index in [0.29, 0.717) is 38.9 Å². The van der Waals surface area contributed by atoms with Crippen LogP contribution in [0, 0.1) is 19.8 Å². The summed E-state index contributed by atoms with van der Waals surface area (Å²) in [7, 11) is 0.